The lowest BCUT2D eigenvalue weighted by molar-refractivity contribution is -0.137. The van der Waals surface area contributed by atoms with Gasteiger partial charge in [-0.3, -0.25) is 0 Å². The van der Waals surface area contributed by atoms with E-state index in [0.717, 1.165) is 36.4 Å². The summed E-state index contributed by atoms with van der Waals surface area (Å²) in [6.07, 6.45) is -2.01. The highest BCUT2D eigenvalue weighted by Gasteiger charge is 2.29. The average Bonchev–Trinajstić information content (AvgIpc) is 3.20. The molecule has 1 saturated heterocycles. The smallest absolute Gasteiger partial charge is 0.416 e. The number of hydrogen-bond acceptors (Lipinski definition) is 4. The van der Waals surface area contributed by atoms with E-state index < -0.39 is 11.7 Å². The van der Waals surface area contributed by atoms with Gasteiger partial charge in [0.2, 0.25) is 0 Å². The molecule has 1 aliphatic rings. The van der Waals surface area contributed by atoms with E-state index in [0.29, 0.717) is 23.9 Å². The Balaban J connectivity index is 1.49. The number of rotatable bonds is 7. The second-order valence-corrected chi connectivity index (χ2v) is 6.77. The third kappa shape index (κ3) is 5.73. The molecule has 1 N–H and O–H groups in total. The fourth-order valence-corrected chi connectivity index (χ4v) is 2.93. The van der Waals surface area contributed by atoms with Gasteiger partial charge < -0.3 is 14.9 Å². The largest absolute Gasteiger partial charge is 0.492 e. The molecule has 150 valence electrons. The van der Waals surface area contributed by atoms with Crippen LogP contribution < -0.4 is 10.1 Å². The van der Waals surface area contributed by atoms with Gasteiger partial charge in [-0.05, 0) is 73.8 Å². The van der Waals surface area contributed by atoms with Crippen LogP contribution >= 0.6 is 0 Å². The van der Waals surface area contributed by atoms with Crippen LogP contribution in [0.15, 0.2) is 53.7 Å². The molecule has 0 aromatic heterocycles. The quantitative estimate of drug-likeness (QED) is 0.545. The SMILES string of the molecule is CC(=NOCc1ccc(C(F)(F)F)cc1)c1ccc(OCC2CCCN2)cc1. The van der Waals surface area contributed by atoms with Gasteiger partial charge in [0.25, 0.3) is 0 Å². The molecule has 0 saturated carbocycles. The van der Waals surface area contributed by atoms with Gasteiger partial charge in [0.15, 0.2) is 0 Å². The van der Waals surface area contributed by atoms with Crippen LogP contribution in [-0.2, 0) is 17.6 Å². The molecule has 7 heteroatoms. The Morgan fingerprint density at radius 3 is 2.43 bits per heavy atom. The minimum Gasteiger partial charge on any atom is -0.492 e. The van der Waals surface area contributed by atoms with Crippen LogP contribution in [0.25, 0.3) is 0 Å². The summed E-state index contributed by atoms with van der Waals surface area (Å²) in [6.45, 7) is 3.62. The molecule has 2 aromatic rings. The molecule has 1 unspecified atom stereocenters. The first kappa shape index (κ1) is 20.2. The van der Waals surface area contributed by atoms with Gasteiger partial charge in [-0.1, -0.05) is 17.3 Å². The minimum absolute atomic E-state index is 0.102. The second kappa shape index (κ2) is 9.10. The van der Waals surface area contributed by atoms with Crippen molar-refractivity contribution < 1.29 is 22.7 Å². The summed E-state index contributed by atoms with van der Waals surface area (Å²) in [5, 5.41) is 7.43. The van der Waals surface area contributed by atoms with Gasteiger partial charge in [-0.15, -0.1) is 0 Å². The molecule has 2 aromatic carbocycles. The third-order valence-corrected chi connectivity index (χ3v) is 4.60. The van der Waals surface area contributed by atoms with E-state index in [2.05, 4.69) is 10.5 Å². The first-order chi connectivity index (χ1) is 13.4. The molecule has 1 heterocycles. The van der Waals surface area contributed by atoms with Gasteiger partial charge in [-0.2, -0.15) is 13.2 Å². The molecule has 1 aliphatic heterocycles. The summed E-state index contributed by atoms with van der Waals surface area (Å²) in [5.41, 5.74) is 1.51. The van der Waals surface area contributed by atoms with Crippen LogP contribution in [0.1, 0.15) is 36.5 Å². The number of hydrogen-bond donors (Lipinski definition) is 1. The summed E-state index contributed by atoms with van der Waals surface area (Å²) in [5.74, 6) is 0.802. The highest BCUT2D eigenvalue weighted by atomic mass is 19.4. The Bertz CT molecular complexity index is 781. The highest BCUT2D eigenvalue weighted by molar-refractivity contribution is 5.98. The van der Waals surface area contributed by atoms with E-state index >= 15 is 0 Å². The van der Waals surface area contributed by atoms with Crippen molar-refractivity contribution >= 4 is 5.71 Å². The lowest BCUT2D eigenvalue weighted by atomic mass is 10.1. The number of nitrogens with zero attached hydrogens (tertiary/aromatic N) is 1. The second-order valence-electron chi connectivity index (χ2n) is 6.77. The maximum absolute atomic E-state index is 12.6. The zero-order valence-electron chi connectivity index (χ0n) is 15.6. The monoisotopic (exact) mass is 392 g/mol. The van der Waals surface area contributed by atoms with Gasteiger partial charge in [-0.25, -0.2) is 0 Å². The van der Waals surface area contributed by atoms with Crippen LogP contribution in [0.2, 0.25) is 0 Å². The van der Waals surface area contributed by atoms with Crippen LogP contribution in [0, 0.1) is 0 Å². The van der Waals surface area contributed by atoms with E-state index in [1.807, 2.05) is 31.2 Å². The van der Waals surface area contributed by atoms with Gasteiger partial charge in [0.05, 0.1) is 11.3 Å². The zero-order valence-corrected chi connectivity index (χ0v) is 15.6. The summed E-state index contributed by atoms with van der Waals surface area (Å²) >= 11 is 0. The number of oxime groups is 1. The topological polar surface area (TPSA) is 42.9 Å². The summed E-state index contributed by atoms with van der Waals surface area (Å²) < 4.78 is 43.4. The fraction of sp³-hybridized carbons (Fsp3) is 0.381. The summed E-state index contributed by atoms with van der Waals surface area (Å²) in [6, 6.07) is 12.8. The fourth-order valence-electron chi connectivity index (χ4n) is 2.93. The van der Waals surface area contributed by atoms with Crippen molar-refractivity contribution in [1.29, 1.82) is 0 Å². The first-order valence-corrected chi connectivity index (χ1v) is 9.21. The lowest BCUT2D eigenvalue weighted by Gasteiger charge is -2.12. The lowest BCUT2D eigenvalue weighted by Crippen LogP contribution is -2.28. The van der Waals surface area contributed by atoms with Crippen LogP contribution in [-0.4, -0.2) is 24.9 Å². The van der Waals surface area contributed by atoms with Crippen molar-refractivity contribution in [2.24, 2.45) is 5.16 Å². The van der Waals surface area contributed by atoms with Crippen LogP contribution in [0.5, 0.6) is 5.75 Å². The van der Waals surface area contributed by atoms with Gasteiger partial charge in [0.1, 0.15) is 19.0 Å². The molecule has 0 amide bonds. The molecule has 3 rings (SSSR count). The molecular weight excluding hydrogens is 369 g/mol. The minimum atomic E-state index is -4.34. The maximum Gasteiger partial charge on any atom is 0.416 e. The van der Waals surface area contributed by atoms with E-state index in [4.69, 9.17) is 9.57 Å². The maximum atomic E-state index is 12.6. The molecule has 0 spiro atoms. The number of benzene rings is 2. The van der Waals surface area contributed by atoms with Crippen molar-refractivity contribution in [3.05, 3.63) is 65.2 Å². The van der Waals surface area contributed by atoms with Gasteiger partial charge in [0, 0.05) is 6.04 Å². The normalized spacial score (nSPS) is 17.6. The predicted octanol–water partition coefficient (Wildman–Crippen LogP) is 4.78. The predicted molar refractivity (Wildman–Crippen MR) is 101 cm³/mol. The molecule has 0 radical (unpaired) electrons. The standard InChI is InChI=1S/C21H23F3N2O2/c1-15(26-28-13-16-4-8-18(9-5-16)21(22,23)24)17-6-10-20(11-7-17)27-14-19-3-2-12-25-19/h4-11,19,25H,2-3,12-14H2,1H3. The van der Waals surface area contributed by atoms with E-state index in [1.165, 1.54) is 18.6 Å². The Hall–Kier alpha value is -2.54. The van der Waals surface area contributed by atoms with E-state index in [1.54, 1.807) is 0 Å². The van der Waals surface area contributed by atoms with Crippen LogP contribution in [0.3, 0.4) is 0 Å². The van der Waals surface area contributed by atoms with Crippen molar-refractivity contribution in [3.63, 3.8) is 0 Å². The molecule has 1 fully saturated rings. The van der Waals surface area contributed by atoms with Crippen molar-refractivity contribution in [2.75, 3.05) is 13.2 Å². The molecule has 28 heavy (non-hydrogen) atoms. The van der Waals surface area contributed by atoms with E-state index in [9.17, 15) is 13.2 Å². The Morgan fingerprint density at radius 1 is 1.11 bits per heavy atom. The number of nitrogens with one attached hydrogen (secondary N) is 1. The number of alkyl halides is 3. The summed E-state index contributed by atoms with van der Waals surface area (Å²) in [4.78, 5) is 5.27. The zero-order chi connectivity index (χ0) is 20.0. The van der Waals surface area contributed by atoms with Crippen molar-refractivity contribution in [2.45, 2.75) is 38.6 Å². The van der Waals surface area contributed by atoms with Crippen LogP contribution in [0.4, 0.5) is 13.2 Å². The molecule has 1 atom stereocenters. The first-order valence-electron chi connectivity index (χ1n) is 9.21. The number of ether oxygens (including phenoxy) is 1. The average molecular weight is 392 g/mol. The third-order valence-electron chi connectivity index (χ3n) is 4.60. The molecular formula is C21H23F3N2O2. The molecule has 0 bridgehead atoms. The Kier molecular flexibility index (Phi) is 6.57. The van der Waals surface area contributed by atoms with Gasteiger partial charge >= 0.3 is 6.18 Å². The Labute approximate surface area is 162 Å². The molecule has 4 nitrogen and oxygen atoms in total. The Morgan fingerprint density at radius 2 is 1.82 bits per heavy atom. The number of halogens is 3. The van der Waals surface area contributed by atoms with Crippen molar-refractivity contribution in [1.82, 2.24) is 5.32 Å². The van der Waals surface area contributed by atoms with Crippen molar-refractivity contribution in [3.8, 4) is 5.75 Å². The summed E-state index contributed by atoms with van der Waals surface area (Å²) in [7, 11) is 0. The van der Waals surface area contributed by atoms with E-state index in [-0.39, 0.29) is 6.61 Å². The molecule has 0 aliphatic carbocycles. The highest BCUT2D eigenvalue weighted by Crippen LogP contribution is 2.29.